The molecule has 1 rings (SSSR count). The first kappa shape index (κ1) is 7.01. The molecule has 0 aliphatic carbocycles. The van der Waals surface area contributed by atoms with Gasteiger partial charge in [0.1, 0.15) is 6.10 Å². The lowest BCUT2D eigenvalue weighted by atomic mass is 10.4. The van der Waals surface area contributed by atoms with Gasteiger partial charge in [-0.3, -0.25) is 0 Å². The molecule has 0 saturated heterocycles. The fourth-order valence-electron chi connectivity index (χ4n) is 0.454. The second-order valence-electron chi connectivity index (χ2n) is 1.98. The van der Waals surface area contributed by atoms with Crippen LogP contribution in [0.5, 0.6) is 0 Å². The maximum Gasteiger partial charge on any atom is 0.201 e. The summed E-state index contributed by atoms with van der Waals surface area (Å²) in [5, 5.41) is 23.4. The molecule has 0 radical (unpaired) electrons. The molecular formula is C5H8N4O. The fraction of sp³-hybridized carbons (Fsp3) is 0.600. The number of aryl methyl sites for hydroxylation is 1. The largest absolute Gasteiger partial charge is 0.385 e. The van der Waals surface area contributed by atoms with Crippen LogP contribution >= 0.6 is 0 Å². The van der Waals surface area contributed by atoms with Gasteiger partial charge >= 0.3 is 0 Å². The SMILES string of the molecule is Cc1nnc(C(C)O)nn1. The monoisotopic (exact) mass is 140 g/mol. The van der Waals surface area contributed by atoms with Gasteiger partial charge in [-0.2, -0.15) is 0 Å². The number of hydrogen-bond acceptors (Lipinski definition) is 5. The molecule has 1 unspecified atom stereocenters. The molecule has 1 heterocycles. The summed E-state index contributed by atoms with van der Waals surface area (Å²) in [5.41, 5.74) is 0. The van der Waals surface area contributed by atoms with E-state index in [-0.39, 0.29) is 5.82 Å². The van der Waals surface area contributed by atoms with Crippen LogP contribution in [0, 0.1) is 6.92 Å². The van der Waals surface area contributed by atoms with Gasteiger partial charge in [0.15, 0.2) is 5.82 Å². The van der Waals surface area contributed by atoms with Crippen LogP contribution in [-0.2, 0) is 0 Å². The van der Waals surface area contributed by atoms with E-state index in [4.69, 9.17) is 5.11 Å². The number of rotatable bonds is 1. The van der Waals surface area contributed by atoms with Gasteiger partial charge in [0, 0.05) is 0 Å². The maximum atomic E-state index is 8.91. The average Bonchev–Trinajstić information content (AvgIpc) is 1.88. The normalized spacial score (nSPS) is 13.1. The summed E-state index contributed by atoms with van der Waals surface area (Å²) in [6, 6.07) is 0. The Kier molecular flexibility index (Phi) is 1.86. The molecule has 1 aromatic heterocycles. The highest BCUT2D eigenvalue weighted by atomic mass is 16.3. The van der Waals surface area contributed by atoms with Gasteiger partial charge in [-0.1, -0.05) is 0 Å². The topological polar surface area (TPSA) is 71.8 Å². The lowest BCUT2D eigenvalue weighted by Crippen LogP contribution is -2.05. The molecule has 5 nitrogen and oxygen atoms in total. The summed E-state index contributed by atoms with van der Waals surface area (Å²) in [6.45, 7) is 3.25. The molecule has 1 N–H and O–H groups in total. The molecule has 0 aliphatic heterocycles. The van der Waals surface area contributed by atoms with Gasteiger partial charge in [0.25, 0.3) is 0 Å². The zero-order chi connectivity index (χ0) is 7.56. The minimum absolute atomic E-state index is 0.255. The minimum atomic E-state index is -0.694. The predicted octanol–water partition coefficient (Wildman–Crippen LogP) is -0.372. The van der Waals surface area contributed by atoms with Crippen LogP contribution in [-0.4, -0.2) is 25.5 Å². The molecule has 10 heavy (non-hydrogen) atoms. The molecule has 5 heteroatoms. The first-order chi connectivity index (χ1) is 4.70. The standard InChI is InChI=1S/C5H8N4O/c1-3(10)5-8-6-4(2)7-9-5/h3,10H,1-2H3. The second kappa shape index (κ2) is 2.66. The molecule has 0 saturated carbocycles. The van der Waals surface area contributed by atoms with Crippen LogP contribution in [0.3, 0.4) is 0 Å². The van der Waals surface area contributed by atoms with E-state index in [0.717, 1.165) is 0 Å². The van der Waals surface area contributed by atoms with Gasteiger partial charge in [0.2, 0.25) is 5.82 Å². The maximum absolute atomic E-state index is 8.91. The Hall–Kier alpha value is -1.10. The molecule has 0 aromatic carbocycles. The summed E-state index contributed by atoms with van der Waals surface area (Å²) < 4.78 is 0. The van der Waals surface area contributed by atoms with Gasteiger partial charge < -0.3 is 5.11 Å². The van der Waals surface area contributed by atoms with Gasteiger partial charge in [0.05, 0.1) is 0 Å². The molecule has 0 amide bonds. The molecular weight excluding hydrogens is 132 g/mol. The molecule has 0 bridgehead atoms. The van der Waals surface area contributed by atoms with Crippen LogP contribution in [0.4, 0.5) is 0 Å². The summed E-state index contributed by atoms with van der Waals surface area (Å²) in [6.07, 6.45) is -0.694. The number of nitrogens with zero attached hydrogens (tertiary/aromatic N) is 4. The first-order valence-corrected chi connectivity index (χ1v) is 2.92. The van der Waals surface area contributed by atoms with Crippen molar-refractivity contribution in [1.29, 1.82) is 0 Å². The summed E-state index contributed by atoms with van der Waals surface area (Å²) in [7, 11) is 0. The van der Waals surface area contributed by atoms with Crippen molar-refractivity contribution in [3.8, 4) is 0 Å². The molecule has 54 valence electrons. The molecule has 0 fully saturated rings. The number of aromatic nitrogens is 4. The van der Waals surface area contributed by atoms with Crippen molar-refractivity contribution in [2.45, 2.75) is 20.0 Å². The van der Waals surface area contributed by atoms with E-state index in [1.54, 1.807) is 13.8 Å². The highest BCUT2D eigenvalue weighted by Gasteiger charge is 2.03. The van der Waals surface area contributed by atoms with Gasteiger partial charge in [-0.15, -0.1) is 20.4 Å². The van der Waals surface area contributed by atoms with Crippen molar-refractivity contribution >= 4 is 0 Å². The third kappa shape index (κ3) is 1.44. The Morgan fingerprint density at radius 3 is 2.10 bits per heavy atom. The van der Waals surface area contributed by atoms with Crippen molar-refractivity contribution in [3.63, 3.8) is 0 Å². The zero-order valence-electron chi connectivity index (χ0n) is 5.81. The summed E-state index contributed by atoms with van der Waals surface area (Å²) in [5.74, 6) is 0.759. The van der Waals surface area contributed by atoms with E-state index in [2.05, 4.69) is 20.4 Å². The van der Waals surface area contributed by atoms with Crippen molar-refractivity contribution in [2.75, 3.05) is 0 Å². The van der Waals surface area contributed by atoms with Gasteiger partial charge in [-0.25, -0.2) is 0 Å². The van der Waals surface area contributed by atoms with Crippen molar-refractivity contribution in [2.24, 2.45) is 0 Å². The molecule has 1 aromatic rings. The Balaban J connectivity index is 2.89. The van der Waals surface area contributed by atoms with Crippen molar-refractivity contribution in [1.82, 2.24) is 20.4 Å². The van der Waals surface area contributed by atoms with E-state index in [0.29, 0.717) is 5.82 Å². The lowest BCUT2D eigenvalue weighted by Gasteiger charge is -1.97. The Morgan fingerprint density at radius 1 is 1.20 bits per heavy atom. The zero-order valence-corrected chi connectivity index (χ0v) is 5.81. The number of aliphatic hydroxyl groups is 1. The Morgan fingerprint density at radius 2 is 1.70 bits per heavy atom. The van der Waals surface area contributed by atoms with E-state index in [1.165, 1.54) is 0 Å². The molecule has 0 spiro atoms. The van der Waals surface area contributed by atoms with E-state index < -0.39 is 6.10 Å². The third-order valence-corrected chi connectivity index (χ3v) is 0.968. The Labute approximate surface area is 58.1 Å². The van der Waals surface area contributed by atoms with E-state index in [9.17, 15) is 0 Å². The highest BCUT2D eigenvalue weighted by molar-refractivity contribution is 4.82. The number of hydrogen-bond donors (Lipinski definition) is 1. The van der Waals surface area contributed by atoms with Crippen LogP contribution in [0.15, 0.2) is 0 Å². The fourth-order valence-corrected chi connectivity index (χ4v) is 0.454. The molecule has 0 aliphatic rings. The van der Waals surface area contributed by atoms with Crippen molar-refractivity contribution in [3.05, 3.63) is 11.6 Å². The second-order valence-corrected chi connectivity index (χ2v) is 1.98. The van der Waals surface area contributed by atoms with Gasteiger partial charge in [-0.05, 0) is 13.8 Å². The Bertz CT molecular complexity index is 207. The number of aliphatic hydroxyl groups excluding tert-OH is 1. The predicted molar refractivity (Wildman–Crippen MR) is 33.0 cm³/mol. The molecule has 1 atom stereocenters. The van der Waals surface area contributed by atoms with E-state index in [1.807, 2.05) is 0 Å². The van der Waals surface area contributed by atoms with Crippen LogP contribution in [0.25, 0.3) is 0 Å². The van der Waals surface area contributed by atoms with Crippen LogP contribution in [0.1, 0.15) is 24.7 Å². The smallest absolute Gasteiger partial charge is 0.201 e. The first-order valence-electron chi connectivity index (χ1n) is 2.92. The quantitative estimate of drug-likeness (QED) is 0.576. The van der Waals surface area contributed by atoms with E-state index >= 15 is 0 Å². The summed E-state index contributed by atoms with van der Waals surface area (Å²) in [4.78, 5) is 0. The minimum Gasteiger partial charge on any atom is -0.385 e. The summed E-state index contributed by atoms with van der Waals surface area (Å²) >= 11 is 0. The van der Waals surface area contributed by atoms with Crippen molar-refractivity contribution < 1.29 is 5.11 Å². The average molecular weight is 140 g/mol. The lowest BCUT2D eigenvalue weighted by molar-refractivity contribution is 0.185. The third-order valence-electron chi connectivity index (χ3n) is 0.968. The highest BCUT2D eigenvalue weighted by Crippen LogP contribution is 2.00. The van der Waals surface area contributed by atoms with Crippen LogP contribution < -0.4 is 0 Å². The van der Waals surface area contributed by atoms with Crippen LogP contribution in [0.2, 0.25) is 0 Å².